The number of furan rings is 1. The van der Waals surface area contributed by atoms with Crippen LogP contribution in [0.4, 0.5) is 4.39 Å². The van der Waals surface area contributed by atoms with Crippen molar-refractivity contribution in [3.63, 3.8) is 0 Å². The number of nitrogens with one attached hydrogen (secondary N) is 1. The van der Waals surface area contributed by atoms with Gasteiger partial charge in [-0.1, -0.05) is 36.1 Å². The lowest BCUT2D eigenvalue weighted by Gasteiger charge is -2.15. The highest BCUT2D eigenvalue weighted by Crippen LogP contribution is 2.29. The number of alkyl halides is 1. The molecule has 138 valence electrons. The zero-order valence-corrected chi connectivity index (χ0v) is 15.7. The summed E-state index contributed by atoms with van der Waals surface area (Å²) in [5.41, 5.74) is 1.23. The van der Waals surface area contributed by atoms with E-state index in [1.54, 1.807) is 36.4 Å². The van der Waals surface area contributed by atoms with Gasteiger partial charge < -0.3 is 14.6 Å². The molecule has 5 nitrogen and oxygen atoms in total. The zero-order valence-electron chi connectivity index (χ0n) is 14.1. The third-order valence-corrected chi connectivity index (χ3v) is 5.52. The number of benzene rings is 1. The van der Waals surface area contributed by atoms with Crippen molar-refractivity contribution in [2.45, 2.75) is 12.6 Å². The van der Waals surface area contributed by atoms with E-state index in [0.29, 0.717) is 39.3 Å². The molecule has 0 spiro atoms. The maximum atomic E-state index is 13.4. The lowest BCUT2D eigenvalue weighted by Crippen LogP contribution is -2.28. The van der Waals surface area contributed by atoms with Crippen LogP contribution in [0.15, 0.2) is 45.7 Å². The molecule has 2 amide bonds. The molecule has 1 aromatic carbocycles. The number of rotatable bonds is 3. The van der Waals surface area contributed by atoms with Gasteiger partial charge in [-0.15, -0.1) is 0 Å². The summed E-state index contributed by atoms with van der Waals surface area (Å²) in [4.78, 5) is 26.3. The summed E-state index contributed by atoms with van der Waals surface area (Å²) in [6.45, 7) is 0.577. The van der Waals surface area contributed by atoms with Gasteiger partial charge in [0.25, 0.3) is 11.8 Å². The van der Waals surface area contributed by atoms with E-state index in [4.69, 9.17) is 16.6 Å². The summed E-state index contributed by atoms with van der Waals surface area (Å²) >= 11 is 6.15. The minimum absolute atomic E-state index is 0.142. The normalized spacial score (nSPS) is 21.1. The molecule has 0 radical (unpaired) electrons. The van der Waals surface area contributed by atoms with E-state index in [2.05, 4.69) is 5.32 Å². The van der Waals surface area contributed by atoms with E-state index >= 15 is 0 Å². The van der Waals surface area contributed by atoms with Gasteiger partial charge in [0, 0.05) is 23.7 Å². The maximum Gasteiger partial charge on any atom is 0.263 e. The molecule has 2 aromatic rings. The van der Waals surface area contributed by atoms with Gasteiger partial charge in [0.05, 0.1) is 11.4 Å². The molecule has 2 saturated heterocycles. The fourth-order valence-corrected chi connectivity index (χ4v) is 4.05. The summed E-state index contributed by atoms with van der Waals surface area (Å²) in [5.74, 6) is 0.668. The number of hydrogen-bond donors (Lipinski definition) is 1. The Labute approximate surface area is 164 Å². The van der Waals surface area contributed by atoms with Gasteiger partial charge in [-0.25, -0.2) is 4.39 Å². The first-order valence-electron chi connectivity index (χ1n) is 8.38. The lowest BCUT2D eigenvalue weighted by atomic mass is 10.1. The lowest BCUT2D eigenvalue weighted by molar-refractivity contribution is -0.115. The first-order chi connectivity index (χ1) is 13.0. The monoisotopic (exact) mass is 402 g/mol. The molecule has 8 heteroatoms. The van der Waals surface area contributed by atoms with E-state index in [-0.39, 0.29) is 18.4 Å². The number of amides is 2. The number of thiocarbonyl (C=S) groups is 1. The highest BCUT2D eigenvalue weighted by Gasteiger charge is 2.27. The van der Waals surface area contributed by atoms with Crippen LogP contribution in [0, 0.1) is 0 Å². The minimum Gasteiger partial charge on any atom is -0.457 e. The van der Waals surface area contributed by atoms with Crippen molar-refractivity contribution < 1.29 is 18.4 Å². The quantitative estimate of drug-likeness (QED) is 0.628. The number of nitrogens with zero attached hydrogens (tertiary/aromatic N) is 1. The van der Waals surface area contributed by atoms with Crippen LogP contribution in [0.25, 0.3) is 17.4 Å². The Morgan fingerprint density at radius 1 is 1.37 bits per heavy atom. The number of carbonyl (C=O) groups excluding carboxylic acids is 2. The van der Waals surface area contributed by atoms with E-state index in [9.17, 15) is 14.0 Å². The van der Waals surface area contributed by atoms with E-state index < -0.39 is 6.17 Å². The van der Waals surface area contributed by atoms with Crippen LogP contribution < -0.4 is 5.32 Å². The molecule has 2 aliphatic rings. The van der Waals surface area contributed by atoms with Gasteiger partial charge >= 0.3 is 0 Å². The number of carbonyl (C=O) groups is 2. The highest BCUT2D eigenvalue weighted by atomic mass is 32.2. The smallest absolute Gasteiger partial charge is 0.263 e. The van der Waals surface area contributed by atoms with Gasteiger partial charge in [0.2, 0.25) is 0 Å². The summed E-state index contributed by atoms with van der Waals surface area (Å²) in [7, 11) is 0. The molecule has 0 bridgehead atoms. The SMILES string of the molecule is O=C1NC(=S)SC1=Cc1ccc(-c2cccc(C(=O)N3CC[C@@H](F)C3)c2)o1. The fourth-order valence-electron chi connectivity index (χ4n) is 3.03. The molecule has 4 rings (SSSR count). The molecule has 1 atom stereocenters. The van der Waals surface area contributed by atoms with Crippen LogP contribution in [-0.4, -0.2) is 40.3 Å². The average Bonchev–Trinajstić information content (AvgIpc) is 3.36. The molecule has 2 aliphatic heterocycles. The second-order valence-corrected chi connectivity index (χ2v) is 7.99. The van der Waals surface area contributed by atoms with E-state index in [1.807, 2.05) is 6.07 Å². The Morgan fingerprint density at radius 3 is 2.93 bits per heavy atom. The van der Waals surface area contributed by atoms with Crippen molar-refractivity contribution in [3.8, 4) is 11.3 Å². The largest absolute Gasteiger partial charge is 0.457 e. The van der Waals surface area contributed by atoms with Crippen LogP contribution in [-0.2, 0) is 4.79 Å². The second-order valence-electron chi connectivity index (χ2n) is 6.27. The predicted octanol–water partition coefficient (Wildman–Crippen LogP) is 3.62. The molecule has 3 heterocycles. The number of likely N-dealkylation sites (tertiary alicyclic amines) is 1. The topological polar surface area (TPSA) is 62.6 Å². The van der Waals surface area contributed by atoms with Gasteiger partial charge in [-0.3, -0.25) is 9.59 Å². The van der Waals surface area contributed by atoms with Crippen LogP contribution in [0.2, 0.25) is 0 Å². The molecule has 1 N–H and O–H groups in total. The molecule has 0 unspecified atom stereocenters. The van der Waals surface area contributed by atoms with Gasteiger partial charge in [0.1, 0.15) is 22.0 Å². The van der Waals surface area contributed by atoms with Crippen LogP contribution >= 0.6 is 24.0 Å². The molecule has 27 heavy (non-hydrogen) atoms. The van der Waals surface area contributed by atoms with Crippen molar-refractivity contribution in [3.05, 3.63) is 52.6 Å². The zero-order chi connectivity index (χ0) is 19.0. The Kier molecular flexibility index (Phi) is 4.84. The Hall–Kier alpha value is -2.45. The summed E-state index contributed by atoms with van der Waals surface area (Å²) in [5, 5.41) is 2.55. The molecule has 0 aliphatic carbocycles. The average molecular weight is 402 g/mol. The summed E-state index contributed by atoms with van der Waals surface area (Å²) < 4.78 is 19.6. The third kappa shape index (κ3) is 3.81. The second kappa shape index (κ2) is 7.28. The van der Waals surface area contributed by atoms with Crippen LogP contribution in [0.5, 0.6) is 0 Å². The van der Waals surface area contributed by atoms with Gasteiger partial charge in [-0.05, 0) is 30.7 Å². The summed E-state index contributed by atoms with van der Waals surface area (Å²) in [6.07, 6.45) is 1.07. The molecule has 2 fully saturated rings. The third-order valence-electron chi connectivity index (χ3n) is 4.35. The Bertz CT molecular complexity index is 969. The van der Waals surface area contributed by atoms with E-state index in [1.165, 1.54) is 16.7 Å². The van der Waals surface area contributed by atoms with E-state index in [0.717, 1.165) is 5.56 Å². The first-order valence-corrected chi connectivity index (χ1v) is 9.60. The molecule has 0 saturated carbocycles. The summed E-state index contributed by atoms with van der Waals surface area (Å²) in [6, 6.07) is 10.6. The van der Waals surface area contributed by atoms with Gasteiger partial charge in [0.15, 0.2) is 0 Å². The molecular formula is C19H15FN2O3S2. The van der Waals surface area contributed by atoms with Gasteiger partial charge in [-0.2, -0.15) is 0 Å². The van der Waals surface area contributed by atoms with Crippen LogP contribution in [0.1, 0.15) is 22.5 Å². The van der Waals surface area contributed by atoms with Crippen molar-refractivity contribution in [2.24, 2.45) is 0 Å². The number of hydrogen-bond acceptors (Lipinski definition) is 5. The Morgan fingerprint density at radius 2 is 2.22 bits per heavy atom. The minimum atomic E-state index is -0.948. The Balaban J connectivity index is 1.55. The van der Waals surface area contributed by atoms with Crippen molar-refractivity contribution >= 4 is 46.2 Å². The predicted molar refractivity (Wildman–Crippen MR) is 106 cm³/mol. The number of halogens is 1. The fraction of sp³-hybridized carbons (Fsp3) is 0.211. The standard InChI is InChI=1S/C19H15FN2O3S2/c20-13-6-7-22(10-13)18(24)12-3-1-2-11(8-12)15-5-4-14(25-15)9-16-17(23)21-19(26)27-16/h1-5,8-9,13H,6-7,10H2,(H,21,23,26)/t13-/m1/s1. The first kappa shape index (κ1) is 17.9. The van der Waals surface area contributed by atoms with Crippen LogP contribution in [0.3, 0.4) is 0 Å². The molecule has 1 aromatic heterocycles. The highest BCUT2D eigenvalue weighted by molar-refractivity contribution is 8.26. The number of thioether (sulfide) groups is 1. The van der Waals surface area contributed by atoms with Crippen molar-refractivity contribution in [1.29, 1.82) is 0 Å². The maximum absolute atomic E-state index is 13.4. The van der Waals surface area contributed by atoms with Crippen molar-refractivity contribution in [2.75, 3.05) is 13.1 Å². The molecular weight excluding hydrogens is 387 g/mol. The van der Waals surface area contributed by atoms with Crippen molar-refractivity contribution in [1.82, 2.24) is 10.2 Å².